The van der Waals surface area contributed by atoms with Crippen molar-refractivity contribution in [3.63, 3.8) is 0 Å². The van der Waals surface area contributed by atoms with Gasteiger partial charge in [0, 0.05) is 47.7 Å². The molecule has 0 bridgehead atoms. The van der Waals surface area contributed by atoms with Gasteiger partial charge < -0.3 is 9.84 Å². The number of ether oxygens (including phenoxy) is 1. The number of hydrogen-bond donors (Lipinski definition) is 1. The molecule has 2 unspecified atom stereocenters. The Labute approximate surface area is 214 Å². The summed E-state index contributed by atoms with van der Waals surface area (Å²) in [4.78, 5) is 26.6. The fourth-order valence-electron chi connectivity index (χ4n) is 5.43. The summed E-state index contributed by atoms with van der Waals surface area (Å²) in [6.07, 6.45) is 5.53. The molecule has 7 nitrogen and oxygen atoms in total. The zero-order chi connectivity index (χ0) is 24.5. The highest BCUT2D eigenvalue weighted by Crippen LogP contribution is 2.43. The molecule has 1 saturated carbocycles. The Morgan fingerprint density at radius 1 is 1.06 bits per heavy atom. The van der Waals surface area contributed by atoms with Crippen molar-refractivity contribution in [2.75, 3.05) is 13.1 Å². The van der Waals surface area contributed by atoms with Gasteiger partial charge in [0.25, 0.3) is 0 Å². The zero-order valence-electron chi connectivity index (χ0n) is 19.3. The number of halogens is 2. The fraction of sp³-hybridized carbons (Fsp3) is 0.385. The molecule has 0 amide bonds. The molecule has 9 heteroatoms. The van der Waals surface area contributed by atoms with Crippen molar-refractivity contribution in [3.05, 3.63) is 64.2 Å². The van der Waals surface area contributed by atoms with E-state index in [9.17, 15) is 4.79 Å². The number of aryl methyl sites for hydroxylation is 1. The fourth-order valence-corrected chi connectivity index (χ4v) is 5.96. The molecule has 0 spiro atoms. The van der Waals surface area contributed by atoms with Gasteiger partial charge in [-0.2, -0.15) is 0 Å². The van der Waals surface area contributed by atoms with Crippen molar-refractivity contribution in [2.24, 2.45) is 17.8 Å². The first kappa shape index (κ1) is 24.0. The van der Waals surface area contributed by atoms with Gasteiger partial charge in [-0.15, -0.1) is 0 Å². The molecule has 1 aliphatic heterocycles. The van der Waals surface area contributed by atoms with Crippen molar-refractivity contribution in [2.45, 2.75) is 32.7 Å². The van der Waals surface area contributed by atoms with Crippen LogP contribution in [0.25, 0.3) is 11.3 Å². The molecular formula is C26H26Cl2N4O3. The molecule has 2 aromatic heterocycles. The lowest BCUT2D eigenvalue weighted by atomic mass is 10.0. The van der Waals surface area contributed by atoms with E-state index in [-0.39, 0.29) is 6.42 Å². The van der Waals surface area contributed by atoms with Gasteiger partial charge in [-0.1, -0.05) is 23.2 Å². The molecule has 35 heavy (non-hydrogen) atoms. The van der Waals surface area contributed by atoms with Crippen LogP contribution in [-0.4, -0.2) is 44.0 Å². The van der Waals surface area contributed by atoms with Crippen LogP contribution in [0.1, 0.15) is 30.7 Å². The number of rotatable bonds is 7. The summed E-state index contributed by atoms with van der Waals surface area (Å²) in [5, 5.41) is 10.2. The third-order valence-electron chi connectivity index (χ3n) is 6.79. The van der Waals surface area contributed by atoms with Crippen LogP contribution in [0, 0.1) is 24.7 Å². The largest absolute Gasteiger partial charge is 0.481 e. The quantitative estimate of drug-likeness (QED) is 0.422. The Morgan fingerprint density at radius 3 is 2.34 bits per heavy atom. The number of nitrogens with zero attached hydrogens (tertiary/aromatic N) is 4. The molecule has 2 aliphatic rings. The number of pyridine rings is 1. The second-order valence-electron chi connectivity index (χ2n) is 9.57. The van der Waals surface area contributed by atoms with E-state index in [1.54, 1.807) is 18.5 Å². The minimum absolute atomic E-state index is 0.284. The molecule has 1 saturated heterocycles. The maximum absolute atomic E-state index is 11.1. The third kappa shape index (κ3) is 5.92. The average molecular weight is 513 g/mol. The summed E-state index contributed by atoms with van der Waals surface area (Å²) in [5.41, 5.74) is 2.59. The smallest absolute Gasteiger partial charge is 0.303 e. The first-order chi connectivity index (χ1) is 16.8. The van der Waals surface area contributed by atoms with E-state index in [0.717, 1.165) is 49.3 Å². The number of benzene rings is 1. The van der Waals surface area contributed by atoms with Gasteiger partial charge in [0.05, 0.1) is 18.1 Å². The first-order valence-electron chi connectivity index (χ1n) is 11.7. The minimum atomic E-state index is -0.691. The molecule has 1 aromatic carbocycles. The van der Waals surface area contributed by atoms with E-state index in [4.69, 9.17) is 38.0 Å². The van der Waals surface area contributed by atoms with Gasteiger partial charge in [0.15, 0.2) is 5.75 Å². The summed E-state index contributed by atoms with van der Waals surface area (Å²) in [6, 6.07) is 9.35. The van der Waals surface area contributed by atoms with Crippen LogP contribution >= 0.6 is 23.2 Å². The lowest BCUT2D eigenvalue weighted by Crippen LogP contribution is -2.22. The Morgan fingerprint density at radius 2 is 1.71 bits per heavy atom. The van der Waals surface area contributed by atoms with Crippen LogP contribution in [0.3, 0.4) is 0 Å². The molecular weight excluding hydrogens is 487 g/mol. The molecule has 1 aliphatic carbocycles. The number of likely N-dealkylation sites (tertiary alicyclic amines) is 1. The molecule has 182 valence electrons. The molecule has 3 aromatic rings. The first-order valence-corrected chi connectivity index (χ1v) is 12.4. The van der Waals surface area contributed by atoms with Crippen LogP contribution in [0.2, 0.25) is 10.0 Å². The maximum Gasteiger partial charge on any atom is 0.303 e. The number of carboxylic acid groups (broad SMARTS) is 1. The van der Waals surface area contributed by atoms with Crippen LogP contribution in [0.4, 0.5) is 0 Å². The summed E-state index contributed by atoms with van der Waals surface area (Å²) in [6.45, 7) is 4.52. The number of aliphatic carboxylic acids is 1. The predicted molar refractivity (Wildman–Crippen MR) is 134 cm³/mol. The van der Waals surface area contributed by atoms with E-state index >= 15 is 0 Å². The van der Waals surface area contributed by atoms with E-state index in [1.165, 1.54) is 0 Å². The van der Waals surface area contributed by atoms with Gasteiger partial charge in [-0.25, -0.2) is 15.0 Å². The van der Waals surface area contributed by atoms with Gasteiger partial charge in [-0.3, -0.25) is 9.69 Å². The molecule has 1 N–H and O–H groups in total. The molecule has 5 rings (SSSR count). The SMILES string of the molecule is Cc1ncc(Oc2cc(CN3CC4CC(CC(=O)O)CC4C3)cc(-c3cc(Cl)cc(Cl)c3)n2)cn1. The Hall–Kier alpha value is -2.74. The van der Waals surface area contributed by atoms with E-state index < -0.39 is 5.97 Å². The molecule has 0 radical (unpaired) electrons. The van der Waals surface area contributed by atoms with Crippen LogP contribution in [0.5, 0.6) is 11.6 Å². The van der Waals surface area contributed by atoms with Crippen molar-refractivity contribution in [1.82, 2.24) is 19.9 Å². The summed E-state index contributed by atoms with van der Waals surface area (Å²) in [5.74, 6) is 2.36. The summed E-state index contributed by atoms with van der Waals surface area (Å²) < 4.78 is 6.01. The normalized spacial score (nSPS) is 21.7. The summed E-state index contributed by atoms with van der Waals surface area (Å²) >= 11 is 12.5. The van der Waals surface area contributed by atoms with Crippen molar-refractivity contribution in [1.29, 1.82) is 0 Å². The van der Waals surface area contributed by atoms with Gasteiger partial charge in [0.2, 0.25) is 5.88 Å². The summed E-state index contributed by atoms with van der Waals surface area (Å²) in [7, 11) is 0. The lowest BCUT2D eigenvalue weighted by molar-refractivity contribution is -0.138. The second kappa shape index (κ2) is 10.1. The van der Waals surface area contributed by atoms with Crippen LogP contribution in [0.15, 0.2) is 42.7 Å². The highest BCUT2D eigenvalue weighted by Gasteiger charge is 2.41. The Kier molecular flexibility index (Phi) is 6.91. The number of hydrogen-bond acceptors (Lipinski definition) is 6. The predicted octanol–water partition coefficient (Wildman–Crippen LogP) is 5.88. The van der Waals surface area contributed by atoms with Gasteiger partial charge in [-0.05, 0) is 67.3 Å². The van der Waals surface area contributed by atoms with Gasteiger partial charge in [0.1, 0.15) is 5.82 Å². The van der Waals surface area contributed by atoms with Gasteiger partial charge >= 0.3 is 5.97 Å². The lowest BCUT2D eigenvalue weighted by Gasteiger charge is -2.19. The number of carboxylic acids is 1. The highest BCUT2D eigenvalue weighted by atomic mass is 35.5. The monoisotopic (exact) mass is 512 g/mol. The van der Waals surface area contributed by atoms with Crippen LogP contribution < -0.4 is 4.74 Å². The second-order valence-corrected chi connectivity index (χ2v) is 10.4. The average Bonchev–Trinajstić information content (AvgIpc) is 3.31. The highest BCUT2D eigenvalue weighted by molar-refractivity contribution is 6.35. The van der Waals surface area contributed by atoms with Crippen LogP contribution in [-0.2, 0) is 11.3 Å². The molecule has 2 fully saturated rings. The van der Waals surface area contributed by atoms with Crippen molar-refractivity contribution >= 4 is 29.2 Å². The third-order valence-corrected chi connectivity index (χ3v) is 7.23. The van der Waals surface area contributed by atoms with E-state index in [0.29, 0.717) is 45.3 Å². The number of aromatic nitrogens is 3. The number of carbonyl (C=O) groups is 1. The molecule has 2 atom stereocenters. The topological polar surface area (TPSA) is 88.4 Å². The van der Waals surface area contributed by atoms with E-state index in [1.807, 2.05) is 31.2 Å². The van der Waals surface area contributed by atoms with E-state index in [2.05, 4.69) is 14.9 Å². The van der Waals surface area contributed by atoms with Crippen molar-refractivity contribution in [3.8, 4) is 22.9 Å². The minimum Gasteiger partial charge on any atom is -0.481 e. The number of fused-ring (bicyclic) bond motifs is 1. The Bertz CT molecular complexity index is 1200. The Balaban J connectivity index is 1.37. The zero-order valence-corrected chi connectivity index (χ0v) is 20.8. The van der Waals surface area contributed by atoms with Crippen molar-refractivity contribution < 1.29 is 14.6 Å². The molecule has 3 heterocycles. The maximum atomic E-state index is 11.1. The standard InChI is InChI=1S/C26H26Cl2N4O3/c1-15-29-10-23(11-30-15)35-25-5-17(4-24(31-25)18-7-21(27)9-22(28)8-18)12-32-13-19-2-16(6-26(33)34)3-20(19)14-32/h4-5,7-11,16,19-20H,2-3,6,12-14H2,1H3,(H,33,34).